The summed E-state index contributed by atoms with van der Waals surface area (Å²) in [5.41, 5.74) is 4.39. The monoisotopic (exact) mass is 546 g/mol. The number of pyridine rings is 1. The van der Waals surface area contributed by atoms with Gasteiger partial charge in [-0.05, 0) is 49.2 Å². The third kappa shape index (κ3) is 5.57. The van der Waals surface area contributed by atoms with Gasteiger partial charge < -0.3 is 15.2 Å². The number of hydrogen-bond acceptors (Lipinski definition) is 4. The first-order chi connectivity index (χ1) is 17.4. The molecule has 0 spiro atoms. The Bertz CT molecular complexity index is 1410. The van der Waals surface area contributed by atoms with E-state index in [1.54, 1.807) is 0 Å². The molecule has 4 aromatic rings. The lowest BCUT2D eigenvalue weighted by Gasteiger charge is -2.21. The summed E-state index contributed by atoms with van der Waals surface area (Å²) >= 11 is 3.51. The fourth-order valence-corrected chi connectivity index (χ4v) is 4.77. The van der Waals surface area contributed by atoms with Gasteiger partial charge in [0, 0.05) is 27.9 Å². The van der Waals surface area contributed by atoms with Gasteiger partial charge in [0.25, 0.3) is 5.91 Å². The number of hydrogen-bond donors (Lipinski definition) is 2. The van der Waals surface area contributed by atoms with Crippen LogP contribution in [-0.4, -0.2) is 35.1 Å². The number of ether oxygens (including phenoxy) is 1. The molecule has 184 valence electrons. The summed E-state index contributed by atoms with van der Waals surface area (Å²) in [5, 5.41) is 13.3. The Hall–Kier alpha value is -3.71. The van der Waals surface area contributed by atoms with E-state index in [0.717, 1.165) is 32.2 Å². The summed E-state index contributed by atoms with van der Waals surface area (Å²) in [7, 11) is 0. The molecule has 1 atom stereocenters. The smallest absolute Gasteiger partial charge is 0.304 e. The average molecular weight is 547 g/mol. The van der Waals surface area contributed by atoms with Crippen molar-refractivity contribution in [1.82, 2.24) is 10.3 Å². The molecule has 7 heteroatoms. The standard InChI is InChI=1S/C29H27BrN2O4/c1-3-36-25-12-8-7-11-22(25)20(15-26(33)34)17-31-29(35)27-18(2)28(19-9-5-4-6-10-19)32-24-14-13-21(30)16-23(24)27/h4-14,16,20H,3,15,17H2,1-2H3,(H,31,35)(H,33,34). The van der Waals surface area contributed by atoms with Crippen LogP contribution in [0.1, 0.15) is 40.7 Å². The van der Waals surface area contributed by atoms with Crippen molar-refractivity contribution in [3.63, 3.8) is 0 Å². The zero-order valence-corrected chi connectivity index (χ0v) is 21.7. The summed E-state index contributed by atoms with van der Waals surface area (Å²) in [6, 6.07) is 22.8. The minimum atomic E-state index is -0.943. The third-order valence-corrected chi connectivity index (χ3v) is 6.55. The largest absolute Gasteiger partial charge is 0.494 e. The van der Waals surface area contributed by atoms with Gasteiger partial charge in [-0.15, -0.1) is 0 Å². The highest BCUT2D eigenvalue weighted by molar-refractivity contribution is 9.10. The number of benzene rings is 3. The number of carbonyl (C=O) groups excluding carboxylic acids is 1. The topological polar surface area (TPSA) is 88.5 Å². The molecule has 0 fully saturated rings. The first-order valence-electron chi connectivity index (χ1n) is 11.8. The number of para-hydroxylation sites is 1. The molecule has 0 aliphatic rings. The number of fused-ring (bicyclic) bond motifs is 1. The molecule has 1 amide bonds. The first-order valence-corrected chi connectivity index (χ1v) is 12.5. The number of carboxylic acids is 1. The van der Waals surface area contributed by atoms with Gasteiger partial charge >= 0.3 is 5.97 Å². The van der Waals surface area contributed by atoms with E-state index in [1.165, 1.54) is 0 Å². The van der Waals surface area contributed by atoms with Crippen LogP contribution < -0.4 is 10.1 Å². The molecule has 0 bridgehead atoms. The number of aromatic nitrogens is 1. The lowest BCUT2D eigenvalue weighted by Crippen LogP contribution is -2.30. The highest BCUT2D eigenvalue weighted by Crippen LogP contribution is 2.32. The van der Waals surface area contributed by atoms with Crippen molar-refractivity contribution in [2.24, 2.45) is 0 Å². The van der Waals surface area contributed by atoms with Gasteiger partial charge in [-0.1, -0.05) is 64.5 Å². The van der Waals surface area contributed by atoms with Crippen LogP contribution in [0.5, 0.6) is 5.75 Å². The number of nitrogens with one attached hydrogen (secondary N) is 1. The summed E-state index contributed by atoms with van der Waals surface area (Å²) in [6.45, 7) is 4.38. The third-order valence-electron chi connectivity index (χ3n) is 6.05. The predicted molar refractivity (Wildman–Crippen MR) is 145 cm³/mol. The molecular weight excluding hydrogens is 520 g/mol. The number of carboxylic acid groups (broad SMARTS) is 1. The van der Waals surface area contributed by atoms with E-state index in [4.69, 9.17) is 9.72 Å². The van der Waals surface area contributed by atoms with E-state index in [1.807, 2.05) is 86.6 Å². The Balaban J connectivity index is 1.73. The molecule has 3 aromatic carbocycles. The van der Waals surface area contributed by atoms with E-state index < -0.39 is 11.9 Å². The first kappa shape index (κ1) is 25.4. The normalized spacial score (nSPS) is 11.8. The summed E-state index contributed by atoms with van der Waals surface area (Å²) < 4.78 is 6.57. The highest BCUT2D eigenvalue weighted by atomic mass is 79.9. The van der Waals surface area contributed by atoms with Crippen LogP contribution in [0.3, 0.4) is 0 Å². The second-order valence-corrected chi connectivity index (χ2v) is 9.38. The molecule has 0 aliphatic carbocycles. The van der Waals surface area contributed by atoms with E-state index in [2.05, 4.69) is 21.2 Å². The second kappa shape index (κ2) is 11.4. The Morgan fingerprint density at radius 3 is 2.50 bits per heavy atom. The molecule has 1 unspecified atom stereocenters. The minimum absolute atomic E-state index is 0.138. The zero-order valence-electron chi connectivity index (χ0n) is 20.1. The Labute approximate surface area is 218 Å². The van der Waals surface area contributed by atoms with Crippen LogP contribution in [0, 0.1) is 6.92 Å². The molecule has 0 saturated heterocycles. The van der Waals surface area contributed by atoms with Crippen LogP contribution in [0.2, 0.25) is 0 Å². The maximum Gasteiger partial charge on any atom is 0.304 e. The molecule has 1 heterocycles. The molecule has 0 saturated carbocycles. The summed E-state index contributed by atoms with van der Waals surface area (Å²) in [4.78, 5) is 30.2. The number of halogens is 1. The van der Waals surface area contributed by atoms with E-state index in [0.29, 0.717) is 23.4 Å². The summed E-state index contributed by atoms with van der Waals surface area (Å²) in [6.07, 6.45) is -0.138. The SMILES string of the molecule is CCOc1ccccc1C(CNC(=O)c1c(C)c(-c2ccccc2)nc2ccc(Br)cc12)CC(=O)O. The van der Waals surface area contributed by atoms with Gasteiger partial charge in [-0.25, -0.2) is 4.98 Å². The Morgan fingerprint density at radius 1 is 1.06 bits per heavy atom. The van der Waals surface area contributed by atoms with Crippen molar-refractivity contribution in [2.45, 2.75) is 26.2 Å². The Morgan fingerprint density at radius 2 is 1.78 bits per heavy atom. The van der Waals surface area contributed by atoms with Crippen LogP contribution in [0.4, 0.5) is 0 Å². The van der Waals surface area contributed by atoms with Crippen molar-refractivity contribution in [2.75, 3.05) is 13.2 Å². The van der Waals surface area contributed by atoms with Gasteiger partial charge in [0.05, 0.1) is 29.8 Å². The number of carbonyl (C=O) groups is 2. The fourth-order valence-electron chi connectivity index (χ4n) is 4.41. The van der Waals surface area contributed by atoms with Crippen molar-refractivity contribution in [1.29, 1.82) is 0 Å². The van der Waals surface area contributed by atoms with E-state index in [-0.39, 0.29) is 18.9 Å². The minimum Gasteiger partial charge on any atom is -0.494 e. The van der Waals surface area contributed by atoms with Crippen LogP contribution in [0.25, 0.3) is 22.2 Å². The quantitative estimate of drug-likeness (QED) is 0.255. The molecule has 2 N–H and O–H groups in total. The van der Waals surface area contributed by atoms with E-state index >= 15 is 0 Å². The second-order valence-electron chi connectivity index (χ2n) is 8.46. The number of rotatable bonds is 9. The maximum absolute atomic E-state index is 13.7. The van der Waals surface area contributed by atoms with Gasteiger partial charge in [-0.3, -0.25) is 9.59 Å². The lowest BCUT2D eigenvalue weighted by molar-refractivity contribution is -0.137. The van der Waals surface area contributed by atoms with Gasteiger partial charge in [0.1, 0.15) is 5.75 Å². The average Bonchev–Trinajstić information content (AvgIpc) is 2.87. The zero-order chi connectivity index (χ0) is 25.7. The lowest BCUT2D eigenvalue weighted by atomic mass is 9.93. The van der Waals surface area contributed by atoms with Crippen LogP contribution >= 0.6 is 15.9 Å². The van der Waals surface area contributed by atoms with Crippen LogP contribution in [0.15, 0.2) is 77.3 Å². The molecule has 0 radical (unpaired) electrons. The molecule has 36 heavy (non-hydrogen) atoms. The van der Waals surface area contributed by atoms with Gasteiger partial charge in [0.15, 0.2) is 0 Å². The van der Waals surface area contributed by atoms with Crippen molar-refractivity contribution in [3.05, 3.63) is 94.0 Å². The fraction of sp³-hybridized carbons (Fsp3) is 0.207. The number of aliphatic carboxylic acids is 1. The maximum atomic E-state index is 13.7. The van der Waals surface area contributed by atoms with Gasteiger partial charge in [-0.2, -0.15) is 0 Å². The van der Waals surface area contributed by atoms with E-state index in [9.17, 15) is 14.7 Å². The Kier molecular flexibility index (Phi) is 8.00. The molecule has 0 aliphatic heterocycles. The predicted octanol–water partition coefficient (Wildman–Crippen LogP) is 6.36. The summed E-state index contributed by atoms with van der Waals surface area (Å²) in [5.74, 6) is -1.05. The molecule has 4 rings (SSSR count). The number of nitrogens with zero attached hydrogens (tertiary/aromatic N) is 1. The molecular formula is C29H27BrN2O4. The van der Waals surface area contributed by atoms with Crippen molar-refractivity contribution >= 4 is 38.7 Å². The van der Waals surface area contributed by atoms with Crippen molar-refractivity contribution < 1.29 is 19.4 Å². The molecule has 1 aromatic heterocycles. The van der Waals surface area contributed by atoms with Crippen LogP contribution in [-0.2, 0) is 4.79 Å². The number of amides is 1. The van der Waals surface area contributed by atoms with Gasteiger partial charge in [0.2, 0.25) is 0 Å². The molecule has 6 nitrogen and oxygen atoms in total. The highest BCUT2D eigenvalue weighted by Gasteiger charge is 2.23. The van der Waals surface area contributed by atoms with Crippen molar-refractivity contribution in [3.8, 4) is 17.0 Å².